The number of rotatable bonds is 6. The monoisotopic (exact) mass is 445 g/mol. The normalized spacial score (nSPS) is 21.9. The molecule has 3 aliphatic heterocycles. The molecule has 6 heteroatoms. The van der Waals surface area contributed by atoms with Crippen LogP contribution in [0.25, 0.3) is 0 Å². The molecule has 0 saturated carbocycles. The molecule has 0 radical (unpaired) electrons. The van der Waals surface area contributed by atoms with E-state index in [4.69, 9.17) is 0 Å². The number of benzene rings is 2. The molecule has 2 aromatic rings. The van der Waals surface area contributed by atoms with Crippen LogP contribution in [0.15, 0.2) is 42.5 Å². The molecule has 0 spiro atoms. The first-order chi connectivity index (χ1) is 16.0. The van der Waals surface area contributed by atoms with Gasteiger partial charge in [-0.25, -0.2) is 0 Å². The summed E-state index contributed by atoms with van der Waals surface area (Å²) in [4.78, 5) is 44.0. The summed E-state index contributed by atoms with van der Waals surface area (Å²) < 4.78 is 0. The molecule has 2 atom stereocenters. The lowest BCUT2D eigenvalue weighted by Crippen LogP contribution is -2.47. The van der Waals surface area contributed by atoms with E-state index < -0.39 is 0 Å². The van der Waals surface area contributed by atoms with Crippen LogP contribution >= 0.6 is 0 Å². The molecule has 6 nitrogen and oxygen atoms in total. The van der Waals surface area contributed by atoms with E-state index in [1.54, 1.807) is 24.3 Å². The van der Waals surface area contributed by atoms with Crippen LogP contribution in [0.4, 0.5) is 5.69 Å². The Kier molecular flexibility index (Phi) is 5.79. The van der Waals surface area contributed by atoms with Gasteiger partial charge in [0.1, 0.15) is 0 Å². The van der Waals surface area contributed by atoms with Crippen molar-refractivity contribution >= 4 is 23.4 Å². The molecular formula is C27H31N3O3. The van der Waals surface area contributed by atoms with E-state index in [0.29, 0.717) is 36.4 Å². The molecule has 1 fully saturated rings. The van der Waals surface area contributed by atoms with Crippen molar-refractivity contribution in [2.45, 2.75) is 51.0 Å². The first kappa shape index (κ1) is 21.8. The maximum Gasteiger partial charge on any atom is 0.261 e. The average molecular weight is 446 g/mol. The van der Waals surface area contributed by atoms with Crippen LogP contribution in [0.5, 0.6) is 0 Å². The predicted octanol–water partition coefficient (Wildman–Crippen LogP) is 3.99. The molecule has 0 aromatic heterocycles. The van der Waals surface area contributed by atoms with E-state index in [2.05, 4.69) is 42.0 Å². The minimum atomic E-state index is -0.205. The van der Waals surface area contributed by atoms with Crippen molar-refractivity contribution < 1.29 is 14.4 Å². The first-order valence-corrected chi connectivity index (χ1v) is 12.0. The minimum absolute atomic E-state index is 0.192. The molecule has 0 bridgehead atoms. The van der Waals surface area contributed by atoms with Crippen LogP contribution in [0.3, 0.4) is 0 Å². The molecule has 0 aliphatic carbocycles. The predicted molar refractivity (Wildman–Crippen MR) is 128 cm³/mol. The highest BCUT2D eigenvalue weighted by atomic mass is 16.2. The number of aryl methyl sites for hydroxylation is 1. The second kappa shape index (κ2) is 8.75. The molecule has 1 saturated heterocycles. The Hall–Kier alpha value is -2.99. The smallest absolute Gasteiger partial charge is 0.261 e. The second-order valence-corrected chi connectivity index (χ2v) is 9.67. The van der Waals surface area contributed by atoms with Crippen molar-refractivity contribution in [3.63, 3.8) is 0 Å². The van der Waals surface area contributed by atoms with Crippen molar-refractivity contribution in [2.75, 3.05) is 31.6 Å². The van der Waals surface area contributed by atoms with Gasteiger partial charge in [-0.3, -0.25) is 19.3 Å². The number of unbranched alkanes of at least 4 members (excludes halogenated alkanes) is 2. The zero-order valence-corrected chi connectivity index (χ0v) is 19.4. The van der Waals surface area contributed by atoms with Gasteiger partial charge in [0, 0.05) is 37.2 Å². The molecular weight excluding hydrogens is 414 g/mol. The number of piperidine rings is 1. The number of amides is 3. The second-order valence-electron chi connectivity index (χ2n) is 9.67. The fourth-order valence-electron chi connectivity index (χ4n) is 5.69. The van der Waals surface area contributed by atoms with Gasteiger partial charge in [0.15, 0.2) is 0 Å². The summed E-state index contributed by atoms with van der Waals surface area (Å²) in [6.45, 7) is 4.52. The Morgan fingerprint density at radius 3 is 2.45 bits per heavy atom. The number of carbonyl (C=O) groups is 3. The maximum atomic E-state index is 13.3. The highest BCUT2D eigenvalue weighted by Crippen LogP contribution is 2.45. The zero-order valence-electron chi connectivity index (χ0n) is 19.4. The number of likely N-dealkylation sites (N-methyl/N-ethyl adjacent to an activating group) is 1. The fraction of sp³-hybridized carbons (Fsp3) is 0.444. The largest absolute Gasteiger partial charge is 0.308 e. The van der Waals surface area contributed by atoms with Gasteiger partial charge in [-0.05, 0) is 63.5 Å². The van der Waals surface area contributed by atoms with Gasteiger partial charge in [-0.15, -0.1) is 0 Å². The Balaban J connectivity index is 1.17. The molecule has 0 unspecified atom stereocenters. The van der Waals surface area contributed by atoms with E-state index in [0.717, 1.165) is 38.0 Å². The zero-order chi connectivity index (χ0) is 23.1. The lowest BCUT2D eigenvalue weighted by molar-refractivity contribution is -0.119. The van der Waals surface area contributed by atoms with Gasteiger partial charge in [0.2, 0.25) is 5.91 Å². The molecule has 3 heterocycles. The summed E-state index contributed by atoms with van der Waals surface area (Å²) >= 11 is 0. The van der Waals surface area contributed by atoms with Gasteiger partial charge >= 0.3 is 0 Å². The van der Waals surface area contributed by atoms with Crippen molar-refractivity contribution in [3.8, 4) is 0 Å². The van der Waals surface area contributed by atoms with Gasteiger partial charge in [-0.2, -0.15) is 0 Å². The lowest BCUT2D eigenvalue weighted by atomic mass is 9.89. The summed E-state index contributed by atoms with van der Waals surface area (Å²) in [5.41, 5.74) is 4.62. The van der Waals surface area contributed by atoms with Crippen LogP contribution in [0.1, 0.15) is 69.9 Å². The Morgan fingerprint density at radius 1 is 1.00 bits per heavy atom. The third-order valence-electron chi connectivity index (χ3n) is 7.37. The topological polar surface area (TPSA) is 60.9 Å². The van der Waals surface area contributed by atoms with E-state index in [9.17, 15) is 14.4 Å². The number of fused-ring (bicyclic) bond motifs is 4. The number of imide groups is 1. The third-order valence-corrected chi connectivity index (χ3v) is 7.37. The summed E-state index contributed by atoms with van der Waals surface area (Å²) in [7, 11) is 2.16. The molecule has 0 N–H and O–H groups in total. The quantitative estimate of drug-likeness (QED) is 0.498. The van der Waals surface area contributed by atoms with Gasteiger partial charge in [0.25, 0.3) is 11.8 Å². The molecule has 3 amide bonds. The first-order valence-electron chi connectivity index (χ1n) is 12.0. The highest BCUT2D eigenvalue weighted by Gasteiger charge is 2.43. The number of anilines is 1. The fourth-order valence-corrected chi connectivity index (χ4v) is 5.69. The van der Waals surface area contributed by atoms with Gasteiger partial charge in [0.05, 0.1) is 11.1 Å². The number of hydrogen-bond donors (Lipinski definition) is 0. The highest BCUT2D eigenvalue weighted by molar-refractivity contribution is 6.21. The van der Waals surface area contributed by atoms with Crippen molar-refractivity contribution in [1.82, 2.24) is 9.80 Å². The van der Waals surface area contributed by atoms with Crippen LogP contribution in [0.2, 0.25) is 0 Å². The van der Waals surface area contributed by atoms with Crippen molar-refractivity contribution in [1.29, 1.82) is 0 Å². The Labute approximate surface area is 195 Å². The van der Waals surface area contributed by atoms with Gasteiger partial charge < -0.3 is 9.80 Å². The molecule has 2 aromatic carbocycles. The number of carbonyl (C=O) groups excluding carboxylic acids is 3. The van der Waals surface area contributed by atoms with Crippen molar-refractivity contribution in [3.05, 3.63) is 64.7 Å². The number of hydrogen-bond acceptors (Lipinski definition) is 4. The number of nitrogens with zero attached hydrogens (tertiary/aromatic N) is 3. The summed E-state index contributed by atoms with van der Waals surface area (Å²) in [5.74, 6) is 0.169. The van der Waals surface area contributed by atoms with E-state index in [-0.39, 0.29) is 23.8 Å². The molecule has 33 heavy (non-hydrogen) atoms. The molecule has 172 valence electrons. The molecule has 3 aliphatic rings. The maximum absolute atomic E-state index is 13.3. The summed E-state index contributed by atoms with van der Waals surface area (Å²) in [6, 6.07) is 13.7. The van der Waals surface area contributed by atoms with Gasteiger partial charge in [-0.1, -0.05) is 36.2 Å². The van der Waals surface area contributed by atoms with Crippen LogP contribution < -0.4 is 4.90 Å². The molecule has 5 rings (SSSR count). The van der Waals surface area contributed by atoms with E-state index in [1.807, 2.05) is 0 Å². The van der Waals surface area contributed by atoms with E-state index in [1.165, 1.54) is 16.0 Å². The van der Waals surface area contributed by atoms with Crippen LogP contribution in [0, 0.1) is 6.92 Å². The van der Waals surface area contributed by atoms with Crippen LogP contribution in [-0.4, -0.2) is 60.2 Å². The number of likely N-dealkylation sites (tertiary alicyclic amines) is 1. The average Bonchev–Trinajstić information content (AvgIpc) is 3.25. The SMILES string of the molecule is Cc1ccc2c(c1)[C@@H]1CN(C)CC[C@@H]1N2C(=O)CCCCCN1C(=O)c2ccccc2C1=O. The summed E-state index contributed by atoms with van der Waals surface area (Å²) in [6.07, 6.45) is 3.78. The Bertz CT molecular complexity index is 1080. The van der Waals surface area contributed by atoms with Crippen LogP contribution in [-0.2, 0) is 4.79 Å². The standard InChI is InChI=1S/C27H31N3O3/c1-18-11-12-23-21(16-18)22-17-28(2)15-13-24(22)30(23)25(31)10-4-3-7-14-29-26(32)19-8-5-6-9-20(19)27(29)33/h5-6,8-9,11-12,16,22,24H,3-4,7,10,13-15,17H2,1-2H3/t22-,24-/m0/s1. The Morgan fingerprint density at radius 2 is 1.73 bits per heavy atom. The third kappa shape index (κ3) is 3.86. The summed E-state index contributed by atoms with van der Waals surface area (Å²) in [5, 5.41) is 0. The minimum Gasteiger partial charge on any atom is -0.308 e. The lowest BCUT2D eigenvalue weighted by Gasteiger charge is -2.36. The van der Waals surface area contributed by atoms with Crippen molar-refractivity contribution in [2.24, 2.45) is 0 Å². The van der Waals surface area contributed by atoms with E-state index >= 15 is 0 Å².